The average molecular weight is 414 g/mol. The van der Waals surface area contributed by atoms with Crippen molar-refractivity contribution < 1.29 is 9.59 Å². The molecular weight excluding hydrogens is 382 g/mol. The van der Waals surface area contributed by atoms with Crippen molar-refractivity contribution in [2.75, 3.05) is 11.9 Å². The van der Waals surface area contributed by atoms with Crippen molar-refractivity contribution >= 4 is 34.8 Å². The first-order chi connectivity index (χ1) is 14.0. The molecule has 4 aliphatic carbocycles. The predicted molar refractivity (Wildman–Crippen MR) is 119 cm³/mol. The number of amides is 2. The highest BCUT2D eigenvalue weighted by Crippen LogP contribution is 2.60. The zero-order chi connectivity index (χ0) is 20.4. The molecule has 0 unspecified atom stereocenters. The number of rotatable bonds is 6. The number of carbonyl (C=O) groups excluding carboxylic acids is 2. The molecule has 0 heterocycles. The lowest BCUT2D eigenvalue weighted by atomic mass is 9.49. The summed E-state index contributed by atoms with van der Waals surface area (Å²) in [5.74, 6) is 2.15. The van der Waals surface area contributed by atoms with Crippen molar-refractivity contribution in [3.63, 3.8) is 0 Å². The smallest absolute Gasteiger partial charge is 0.251 e. The van der Waals surface area contributed by atoms with Crippen LogP contribution in [0, 0.1) is 23.2 Å². The Bertz CT molecular complexity index is 772. The monoisotopic (exact) mass is 413 g/mol. The summed E-state index contributed by atoms with van der Waals surface area (Å²) in [7, 11) is 0. The number of nitrogens with one attached hydrogen (secondary N) is 3. The van der Waals surface area contributed by atoms with E-state index in [1.54, 1.807) is 12.1 Å². The minimum Gasteiger partial charge on any atom is -0.352 e. The highest BCUT2D eigenvalue weighted by atomic mass is 32.1. The first-order valence-corrected chi connectivity index (χ1v) is 11.4. The Kier molecular flexibility index (Phi) is 5.91. The van der Waals surface area contributed by atoms with Crippen molar-refractivity contribution in [3.8, 4) is 0 Å². The van der Waals surface area contributed by atoms with Gasteiger partial charge in [-0.2, -0.15) is 0 Å². The molecule has 29 heavy (non-hydrogen) atoms. The summed E-state index contributed by atoms with van der Waals surface area (Å²) in [6, 6.07) is 7.22. The molecule has 4 aliphatic rings. The van der Waals surface area contributed by atoms with Gasteiger partial charge in [0.25, 0.3) is 5.91 Å². The van der Waals surface area contributed by atoms with Gasteiger partial charge in [-0.1, -0.05) is 19.4 Å². The molecule has 0 radical (unpaired) electrons. The molecule has 2 amide bonds. The van der Waals surface area contributed by atoms with Gasteiger partial charge in [0.05, 0.1) is 5.41 Å². The van der Waals surface area contributed by atoms with E-state index < -0.39 is 0 Å². The lowest BCUT2D eigenvalue weighted by molar-refractivity contribution is -0.144. The minimum atomic E-state index is -0.221. The maximum absolute atomic E-state index is 13.1. The summed E-state index contributed by atoms with van der Waals surface area (Å²) in [5.41, 5.74) is 1.08. The molecule has 0 atom stereocenters. The van der Waals surface area contributed by atoms with Crippen LogP contribution in [-0.2, 0) is 4.79 Å². The van der Waals surface area contributed by atoms with Gasteiger partial charge >= 0.3 is 0 Å². The van der Waals surface area contributed by atoms with Crippen LogP contribution in [0.5, 0.6) is 0 Å². The minimum absolute atomic E-state index is 0.0857. The van der Waals surface area contributed by atoms with Gasteiger partial charge in [-0.05, 0) is 93.1 Å². The van der Waals surface area contributed by atoms with E-state index in [1.165, 1.54) is 19.3 Å². The zero-order valence-corrected chi connectivity index (χ0v) is 17.9. The van der Waals surface area contributed by atoms with Crippen LogP contribution in [-0.4, -0.2) is 23.5 Å². The van der Waals surface area contributed by atoms with Gasteiger partial charge in [0, 0.05) is 17.8 Å². The van der Waals surface area contributed by atoms with E-state index in [9.17, 15) is 9.59 Å². The number of unbranched alkanes of at least 4 members (excludes halogenated alkanes) is 1. The molecule has 156 valence electrons. The van der Waals surface area contributed by atoms with Crippen LogP contribution in [0.15, 0.2) is 24.3 Å². The Morgan fingerprint density at radius 3 is 2.38 bits per heavy atom. The molecule has 1 aromatic rings. The second-order valence-electron chi connectivity index (χ2n) is 9.30. The molecule has 4 fully saturated rings. The average Bonchev–Trinajstić information content (AvgIpc) is 2.67. The van der Waals surface area contributed by atoms with Crippen molar-refractivity contribution in [1.82, 2.24) is 10.6 Å². The Morgan fingerprint density at radius 1 is 1.10 bits per heavy atom. The fourth-order valence-corrected chi connectivity index (χ4v) is 6.22. The van der Waals surface area contributed by atoms with Crippen LogP contribution in [0.25, 0.3) is 0 Å². The number of benzene rings is 1. The molecule has 4 saturated carbocycles. The van der Waals surface area contributed by atoms with E-state index in [1.807, 2.05) is 12.1 Å². The first-order valence-electron chi connectivity index (χ1n) is 11.0. The number of hydrogen-bond donors (Lipinski definition) is 3. The second kappa shape index (κ2) is 8.42. The van der Waals surface area contributed by atoms with Gasteiger partial charge in [-0.25, -0.2) is 0 Å². The van der Waals surface area contributed by atoms with Gasteiger partial charge in [0.2, 0.25) is 5.91 Å². The van der Waals surface area contributed by atoms with Crippen molar-refractivity contribution in [3.05, 3.63) is 29.8 Å². The van der Waals surface area contributed by atoms with Crippen molar-refractivity contribution in [2.24, 2.45) is 23.2 Å². The number of thiocarbonyl (C=S) groups is 1. The molecule has 6 heteroatoms. The third kappa shape index (κ3) is 4.47. The van der Waals surface area contributed by atoms with Gasteiger partial charge in [-0.15, -0.1) is 0 Å². The van der Waals surface area contributed by atoms with Gasteiger partial charge < -0.3 is 16.0 Å². The summed E-state index contributed by atoms with van der Waals surface area (Å²) < 4.78 is 0. The summed E-state index contributed by atoms with van der Waals surface area (Å²) in [6.45, 7) is 2.77. The van der Waals surface area contributed by atoms with Crippen LogP contribution >= 0.6 is 12.2 Å². The maximum Gasteiger partial charge on any atom is 0.251 e. The van der Waals surface area contributed by atoms with Crippen LogP contribution in [0.3, 0.4) is 0 Å². The molecule has 4 bridgehead atoms. The fourth-order valence-electron chi connectivity index (χ4n) is 6.01. The third-order valence-corrected chi connectivity index (χ3v) is 7.15. The molecule has 5 rings (SSSR count). The SMILES string of the molecule is CCCCNC(=O)c1cccc(NC(=S)NC(=O)C23CC4CC(CC(C4)C2)C3)c1. The molecule has 0 spiro atoms. The van der Waals surface area contributed by atoms with Crippen LogP contribution in [0.2, 0.25) is 0 Å². The molecule has 0 saturated heterocycles. The van der Waals surface area contributed by atoms with Gasteiger partial charge in [0.1, 0.15) is 0 Å². The highest BCUT2D eigenvalue weighted by Gasteiger charge is 2.54. The summed E-state index contributed by atoms with van der Waals surface area (Å²) in [4.78, 5) is 25.4. The lowest BCUT2D eigenvalue weighted by Crippen LogP contribution is -2.55. The Balaban J connectivity index is 1.35. The molecule has 1 aromatic carbocycles. The Labute approximate surface area is 178 Å². The molecule has 0 aromatic heterocycles. The largest absolute Gasteiger partial charge is 0.352 e. The van der Waals surface area contributed by atoms with Crippen LogP contribution in [0.4, 0.5) is 5.69 Å². The fraction of sp³-hybridized carbons (Fsp3) is 0.609. The van der Waals surface area contributed by atoms with Crippen molar-refractivity contribution in [2.45, 2.75) is 58.3 Å². The molecular formula is C23H31N3O2S. The van der Waals surface area contributed by atoms with E-state index in [0.29, 0.717) is 22.9 Å². The van der Waals surface area contributed by atoms with Gasteiger partial charge in [0.15, 0.2) is 5.11 Å². The number of hydrogen-bond acceptors (Lipinski definition) is 3. The molecule has 5 nitrogen and oxygen atoms in total. The topological polar surface area (TPSA) is 70.2 Å². The summed E-state index contributed by atoms with van der Waals surface area (Å²) >= 11 is 5.42. The van der Waals surface area contributed by atoms with E-state index in [0.717, 1.165) is 49.9 Å². The Hall–Kier alpha value is -1.95. The summed E-state index contributed by atoms with van der Waals surface area (Å²) in [6.07, 6.45) is 8.97. The third-order valence-electron chi connectivity index (χ3n) is 6.95. The molecule has 3 N–H and O–H groups in total. The Morgan fingerprint density at radius 2 is 1.76 bits per heavy atom. The van der Waals surface area contributed by atoms with Gasteiger partial charge in [-0.3, -0.25) is 9.59 Å². The summed E-state index contributed by atoms with van der Waals surface area (Å²) in [5, 5.41) is 9.28. The predicted octanol–water partition coefficient (Wildman–Crippen LogP) is 4.25. The standard InChI is InChI=1S/C23H31N3O2S/c1-2-3-7-24-20(27)18-5-4-6-19(11-18)25-22(29)26-21(28)23-12-15-8-16(13-23)10-17(9-15)14-23/h4-6,11,15-17H,2-3,7-10,12-14H2,1H3,(H,24,27)(H2,25,26,28,29). The highest BCUT2D eigenvalue weighted by molar-refractivity contribution is 7.80. The van der Waals surface area contributed by atoms with E-state index in [2.05, 4.69) is 22.9 Å². The molecule has 0 aliphatic heterocycles. The zero-order valence-electron chi connectivity index (χ0n) is 17.1. The maximum atomic E-state index is 13.1. The second-order valence-corrected chi connectivity index (χ2v) is 9.70. The number of anilines is 1. The first kappa shape index (κ1) is 20.3. The van der Waals surface area contributed by atoms with Crippen LogP contribution in [0.1, 0.15) is 68.6 Å². The van der Waals surface area contributed by atoms with E-state index in [4.69, 9.17) is 12.2 Å². The van der Waals surface area contributed by atoms with E-state index >= 15 is 0 Å². The van der Waals surface area contributed by atoms with Crippen molar-refractivity contribution in [1.29, 1.82) is 0 Å². The normalized spacial score (nSPS) is 29.3. The number of carbonyl (C=O) groups is 2. The van der Waals surface area contributed by atoms with Crippen LogP contribution < -0.4 is 16.0 Å². The lowest BCUT2D eigenvalue weighted by Gasteiger charge is -2.55. The quantitative estimate of drug-likeness (QED) is 0.482. The van der Waals surface area contributed by atoms with E-state index in [-0.39, 0.29) is 17.2 Å².